The highest BCUT2D eigenvalue weighted by Crippen LogP contribution is 2.36. The van der Waals surface area contributed by atoms with Gasteiger partial charge in [-0.2, -0.15) is 0 Å². The predicted octanol–water partition coefficient (Wildman–Crippen LogP) is 6.21. The summed E-state index contributed by atoms with van der Waals surface area (Å²) in [4.78, 5) is 21.0. The second-order valence-electron chi connectivity index (χ2n) is 8.49. The lowest BCUT2D eigenvalue weighted by Gasteiger charge is -2.17. The van der Waals surface area contributed by atoms with Crippen molar-refractivity contribution in [3.8, 4) is 5.00 Å². The number of nitrogens with zero attached hydrogens (tertiary/aromatic N) is 3. The first-order chi connectivity index (χ1) is 14.5. The van der Waals surface area contributed by atoms with Crippen LogP contribution in [-0.4, -0.2) is 26.8 Å². The molecule has 0 atom stereocenters. The number of halogens is 1. The molecule has 0 unspecified atom stereocenters. The minimum Gasteiger partial charge on any atom is -0.460 e. The summed E-state index contributed by atoms with van der Waals surface area (Å²) in [6.45, 7) is 14.0. The van der Waals surface area contributed by atoms with Crippen LogP contribution in [0.25, 0.3) is 5.00 Å². The molecule has 0 saturated carbocycles. The van der Waals surface area contributed by atoms with Gasteiger partial charge in [0.2, 0.25) is 0 Å². The molecule has 3 aromatic rings. The fourth-order valence-electron chi connectivity index (χ4n) is 3.42. The molecule has 5 nitrogen and oxygen atoms in total. The Bertz CT molecular complexity index is 1140. The lowest BCUT2D eigenvalue weighted by molar-refractivity contribution is -0.151. The van der Waals surface area contributed by atoms with Crippen LogP contribution in [0.3, 0.4) is 0 Å². The van der Waals surface area contributed by atoms with Gasteiger partial charge in [0.05, 0.1) is 12.3 Å². The zero-order chi connectivity index (χ0) is 22.9. The maximum absolute atomic E-state index is 10.2. The van der Waals surface area contributed by atoms with E-state index in [4.69, 9.17) is 21.3 Å². The zero-order valence-corrected chi connectivity index (χ0v) is 20.6. The predicted molar refractivity (Wildman–Crippen MR) is 128 cm³/mol. The largest absolute Gasteiger partial charge is 0.460 e. The van der Waals surface area contributed by atoms with Gasteiger partial charge in [0, 0.05) is 39.8 Å². The molecule has 0 amide bonds. The monoisotopic (exact) mass is 457 g/mol. The highest BCUT2D eigenvalue weighted by Gasteiger charge is 2.25. The first-order valence-electron chi connectivity index (χ1n) is 10.1. The van der Waals surface area contributed by atoms with E-state index in [-0.39, 0.29) is 11.6 Å². The van der Waals surface area contributed by atoms with E-state index < -0.39 is 0 Å². The number of carbonyl (C=O) groups excluding carboxylic acids is 1. The number of aromatic nitrogens is 2. The number of benzene rings is 1. The molecule has 0 saturated heterocycles. The molecule has 3 heterocycles. The van der Waals surface area contributed by atoms with E-state index in [9.17, 15) is 4.79 Å². The molecular formula is C24H28ClN3O2S. The molecule has 0 radical (unpaired) electrons. The lowest BCUT2D eigenvalue weighted by atomic mass is 10.00. The van der Waals surface area contributed by atoms with Crippen LogP contribution in [0.15, 0.2) is 35.5 Å². The SMILES string of the molecule is CC(=O)OC(C)(C)C.Cc1sc2c(c1C)C(c1ccc(Cl)cc1)=NCc1ncc(C)n1-2. The number of hydrogen-bond acceptors (Lipinski definition) is 5. The van der Waals surface area contributed by atoms with Crippen LogP contribution >= 0.6 is 22.9 Å². The Kier molecular flexibility index (Phi) is 6.72. The van der Waals surface area contributed by atoms with E-state index in [0.717, 1.165) is 27.8 Å². The fourth-order valence-corrected chi connectivity index (χ4v) is 4.79. The van der Waals surface area contributed by atoms with Gasteiger partial charge >= 0.3 is 5.97 Å². The van der Waals surface area contributed by atoms with Crippen LogP contribution in [0, 0.1) is 20.8 Å². The van der Waals surface area contributed by atoms with E-state index in [1.165, 1.54) is 27.9 Å². The van der Waals surface area contributed by atoms with Crippen LogP contribution in [0.2, 0.25) is 5.02 Å². The summed E-state index contributed by atoms with van der Waals surface area (Å²) in [7, 11) is 0. The van der Waals surface area contributed by atoms with E-state index in [1.807, 2.05) is 62.6 Å². The summed E-state index contributed by atoms with van der Waals surface area (Å²) in [6, 6.07) is 7.92. The average molecular weight is 458 g/mol. The smallest absolute Gasteiger partial charge is 0.303 e. The van der Waals surface area contributed by atoms with Gasteiger partial charge in [-0.1, -0.05) is 23.7 Å². The Labute approximate surface area is 192 Å². The molecule has 0 aliphatic carbocycles. The van der Waals surface area contributed by atoms with Gasteiger partial charge in [-0.25, -0.2) is 4.98 Å². The molecule has 0 N–H and O–H groups in total. The third-order valence-electron chi connectivity index (χ3n) is 4.76. The molecule has 2 aromatic heterocycles. The summed E-state index contributed by atoms with van der Waals surface area (Å²) < 4.78 is 7.04. The van der Waals surface area contributed by atoms with Crippen molar-refractivity contribution in [2.24, 2.45) is 4.99 Å². The van der Waals surface area contributed by atoms with Crippen LogP contribution in [-0.2, 0) is 16.1 Å². The van der Waals surface area contributed by atoms with Crippen molar-refractivity contribution in [1.29, 1.82) is 0 Å². The highest BCUT2D eigenvalue weighted by molar-refractivity contribution is 7.15. The topological polar surface area (TPSA) is 56.5 Å². The number of hydrogen-bond donors (Lipinski definition) is 0. The van der Waals surface area contributed by atoms with Crippen molar-refractivity contribution in [3.05, 3.63) is 68.6 Å². The van der Waals surface area contributed by atoms with Crippen molar-refractivity contribution in [1.82, 2.24) is 9.55 Å². The molecule has 7 heteroatoms. The van der Waals surface area contributed by atoms with Gasteiger partial charge in [-0.3, -0.25) is 14.4 Å². The summed E-state index contributed by atoms with van der Waals surface area (Å²) in [6.07, 6.45) is 1.92. The Morgan fingerprint density at radius 2 is 1.81 bits per heavy atom. The average Bonchev–Trinajstić information content (AvgIpc) is 3.09. The quantitative estimate of drug-likeness (QED) is 0.408. The van der Waals surface area contributed by atoms with E-state index in [1.54, 1.807) is 0 Å². The van der Waals surface area contributed by atoms with Crippen LogP contribution in [0.4, 0.5) is 0 Å². The first-order valence-corrected chi connectivity index (χ1v) is 11.3. The first kappa shape index (κ1) is 23.2. The van der Waals surface area contributed by atoms with E-state index >= 15 is 0 Å². The summed E-state index contributed by atoms with van der Waals surface area (Å²) in [5, 5.41) is 1.96. The number of ether oxygens (including phenoxy) is 1. The number of carbonyl (C=O) groups is 1. The van der Waals surface area contributed by atoms with Crippen LogP contribution in [0.5, 0.6) is 0 Å². The maximum atomic E-state index is 10.2. The van der Waals surface area contributed by atoms with Crippen LogP contribution in [0.1, 0.15) is 60.8 Å². The Morgan fingerprint density at radius 1 is 1.16 bits per heavy atom. The maximum Gasteiger partial charge on any atom is 0.303 e. The van der Waals surface area contributed by atoms with Crippen molar-refractivity contribution in [2.75, 3.05) is 0 Å². The molecule has 4 rings (SSSR count). The van der Waals surface area contributed by atoms with Gasteiger partial charge < -0.3 is 4.74 Å². The van der Waals surface area contributed by atoms with Crippen molar-refractivity contribution < 1.29 is 9.53 Å². The Morgan fingerprint density at radius 3 is 2.35 bits per heavy atom. The summed E-state index contributed by atoms with van der Waals surface area (Å²) in [5.74, 6) is 0.770. The molecule has 1 aliphatic heterocycles. The lowest BCUT2D eigenvalue weighted by Crippen LogP contribution is -2.21. The molecule has 0 spiro atoms. The number of aryl methyl sites for hydroxylation is 2. The zero-order valence-electron chi connectivity index (χ0n) is 19.0. The Hall–Kier alpha value is -2.44. The number of thiophene rings is 1. The van der Waals surface area contributed by atoms with Gasteiger partial charge in [-0.15, -0.1) is 11.3 Å². The molecule has 1 aliphatic rings. The summed E-state index contributed by atoms with van der Waals surface area (Å²) >= 11 is 7.85. The van der Waals surface area contributed by atoms with Crippen LogP contribution < -0.4 is 0 Å². The number of imidazole rings is 1. The molecule has 1 aromatic carbocycles. The fraction of sp³-hybridized carbons (Fsp3) is 0.375. The van der Waals surface area contributed by atoms with Crippen molar-refractivity contribution >= 4 is 34.6 Å². The van der Waals surface area contributed by atoms with Gasteiger partial charge in [0.15, 0.2) is 0 Å². The highest BCUT2D eigenvalue weighted by atomic mass is 35.5. The van der Waals surface area contributed by atoms with Gasteiger partial charge in [0.25, 0.3) is 0 Å². The normalized spacial score (nSPS) is 12.7. The second kappa shape index (κ2) is 8.97. The molecule has 0 fully saturated rings. The molecular weight excluding hydrogens is 430 g/mol. The van der Waals surface area contributed by atoms with Gasteiger partial charge in [-0.05, 0) is 59.2 Å². The molecule has 31 heavy (non-hydrogen) atoms. The van der Waals surface area contributed by atoms with Crippen molar-refractivity contribution in [2.45, 2.75) is 60.6 Å². The number of rotatable bonds is 1. The van der Waals surface area contributed by atoms with Gasteiger partial charge in [0.1, 0.15) is 16.4 Å². The number of fused-ring (bicyclic) bond motifs is 3. The summed E-state index contributed by atoms with van der Waals surface area (Å²) in [5.41, 5.74) is 5.46. The van der Waals surface area contributed by atoms with E-state index in [0.29, 0.717) is 6.54 Å². The van der Waals surface area contributed by atoms with Crippen molar-refractivity contribution in [3.63, 3.8) is 0 Å². The molecule has 0 bridgehead atoms. The Balaban J connectivity index is 0.000000293. The standard InChI is InChI=1S/C18H16ClN3S.C6H12O2/c1-10-8-20-15-9-21-17(13-4-6-14(19)7-5-13)16-11(2)12(3)23-18(16)22(10)15;1-5(7)8-6(2,3)4/h4-8H,9H2,1-3H3;1-4H3. The molecule has 164 valence electrons. The van der Waals surface area contributed by atoms with E-state index in [2.05, 4.69) is 30.3 Å². The second-order valence-corrected chi connectivity index (χ2v) is 10.1. The third-order valence-corrected chi connectivity index (χ3v) is 6.21. The third kappa shape index (κ3) is 5.25. The minimum absolute atomic E-state index is 0.225. The minimum atomic E-state index is -0.328. The number of esters is 1. The number of aliphatic imine (C=N–C) groups is 1.